The Hall–Kier alpha value is -2.55. The first-order valence-corrected chi connectivity index (χ1v) is 12.9. The highest BCUT2D eigenvalue weighted by Gasteiger charge is 2.31. The van der Waals surface area contributed by atoms with Crippen molar-refractivity contribution in [3.8, 4) is 0 Å². The average molecular weight is 490 g/mol. The number of anilines is 2. The van der Waals surface area contributed by atoms with Crippen molar-refractivity contribution >= 4 is 38.9 Å². The monoisotopic (exact) mass is 489 g/mol. The van der Waals surface area contributed by atoms with Crippen molar-refractivity contribution in [1.29, 1.82) is 0 Å². The van der Waals surface area contributed by atoms with Crippen LogP contribution in [0.2, 0.25) is 5.02 Å². The molecule has 0 spiro atoms. The fourth-order valence-electron chi connectivity index (χ4n) is 4.38. The van der Waals surface area contributed by atoms with E-state index in [0.717, 1.165) is 16.9 Å². The van der Waals surface area contributed by atoms with Crippen molar-refractivity contribution in [2.45, 2.75) is 30.6 Å². The molecule has 7 nitrogen and oxygen atoms in total. The zero-order chi connectivity index (χ0) is 23.6. The fraction of sp³-hybridized carbons (Fsp3) is 0.375. The van der Waals surface area contributed by atoms with Crippen molar-refractivity contribution < 1.29 is 18.3 Å². The van der Waals surface area contributed by atoms with E-state index in [4.69, 9.17) is 11.6 Å². The van der Waals surface area contributed by atoms with Crippen LogP contribution in [0.25, 0.3) is 0 Å². The zero-order valence-corrected chi connectivity index (χ0v) is 20.0. The number of hydrogen-bond donors (Lipinski definition) is 1. The van der Waals surface area contributed by atoms with Crippen LogP contribution < -0.4 is 9.80 Å². The second-order valence-corrected chi connectivity index (χ2v) is 10.8. The number of fused-ring (bicyclic) bond motifs is 1. The molecule has 2 aliphatic heterocycles. The molecule has 0 atom stereocenters. The van der Waals surface area contributed by atoms with Crippen LogP contribution in [0.3, 0.4) is 0 Å². The number of amides is 1. The number of piperazine rings is 1. The highest BCUT2D eigenvalue weighted by atomic mass is 35.5. The first-order chi connectivity index (χ1) is 15.8. The van der Waals surface area contributed by atoms with Crippen molar-refractivity contribution in [3.05, 3.63) is 65.4 Å². The van der Waals surface area contributed by atoms with Crippen molar-refractivity contribution in [2.75, 3.05) is 42.5 Å². The Bertz CT molecular complexity index is 1160. The number of allylic oxidation sites excluding steroid dienone is 1. The van der Waals surface area contributed by atoms with Gasteiger partial charge in [-0.05, 0) is 54.8 Å². The summed E-state index contributed by atoms with van der Waals surface area (Å²) in [6.07, 6.45) is 1.87. The number of benzene rings is 2. The minimum absolute atomic E-state index is 0.0252. The number of sulfonamides is 1. The SMILES string of the molecule is C=C(O)CCCC(=O)N1CCc2cc(S(=O)(=O)N3CCN(c4cccc(Cl)c4)CC3)ccc21. The van der Waals surface area contributed by atoms with E-state index in [1.807, 2.05) is 24.3 Å². The molecule has 0 unspecified atom stereocenters. The number of hydrogen-bond acceptors (Lipinski definition) is 5. The normalized spacial score (nSPS) is 16.6. The standard InChI is InChI=1S/C24H28ClN3O4S/c1-18(29)4-2-7-24(30)28-11-10-19-16-22(8-9-23(19)28)33(31,32)27-14-12-26(13-15-27)21-6-3-5-20(25)17-21/h3,5-6,8-9,16-17,29H,1-2,4,7,10-15H2. The molecule has 2 heterocycles. The Morgan fingerprint density at radius 2 is 1.79 bits per heavy atom. The van der Waals surface area contributed by atoms with Crippen LogP contribution in [0.15, 0.2) is 59.7 Å². The van der Waals surface area contributed by atoms with Gasteiger partial charge in [0.1, 0.15) is 0 Å². The molecule has 2 aromatic rings. The Balaban J connectivity index is 1.42. The number of aliphatic hydroxyl groups excluding tert-OH is 1. The number of carbonyl (C=O) groups is 1. The number of halogens is 1. The van der Waals surface area contributed by atoms with Gasteiger partial charge >= 0.3 is 0 Å². The van der Waals surface area contributed by atoms with Crippen LogP contribution >= 0.6 is 11.6 Å². The molecule has 1 fully saturated rings. The van der Waals surface area contributed by atoms with E-state index < -0.39 is 10.0 Å². The molecular formula is C24H28ClN3O4S. The summed E-state index contributed by atoms with van der Waals surface area (Å²) in [6.45, 7) is 5.95. The molecular weight excluding hydrogens is 462 g/mol. The van der Waals surface area contributed by atoms with Crippen LogP contribution in [-0.2, 0) is 21.2 Å². The highest BCUT2D eigenvalue weighted by Crippen LogP contribution is 2.32. The van der Waals surface area contributed by atoms with Crippen LogP contribution in [0, 0.1) is 0 Å². The predicted molar refractivity (Wildman–Crippen MR) is 131 cm³/mol. The minimum Gasteiger partial charge on any atom is -0.513 e. The van der Waals surface area contributed by atoms with Gasteiger partial charge in [-0.15, -0.1) is 0 Å². The minimum atomic E-state index is -3.62. The lowest BCUT2D eigenvalue weighted by molar-refractivity contribution is -0.118. The van der Waals surface area contributed by atoms with E-state index in [9.17, 15) is 18.3 Å². The second kappa shape index (κ2) is 9.75. The van der Waals surface area contributed by atoms with Gasteiger partial charge in [-0.1, -0.05) is 24.2 Å². The molecule has 1 amide bonds. The van der Waals surface area contributed by atoms with E-state index in [1.165, 1.54) is 4.31 Å². The molecule has 176 valence electrons. The predicted octanol–water partition coefficient (Wildman–Crippen LogP) is 3.98. The summed E-state index contributed by atoms with van der Waals surface area (Å²) < 4.78 is 28.1. The smallest absolute Gasteiger partial charge is 0.243 e. The number of carbonyl (C=O) groups excluding carboxylic acids is 1. The molecule has 4 rings (SSSR count). The van der Waals surface area contributed by atoms with Gasteiger partial charge in [0.05, 0.1) is 10.7 Å². The summed E-state index contributed by atoms with van der Waals surface area (Å²) in [7, 11) is -3.62. The van der Waals surface area contributed by atoms with Crippen LogP contribution in [0.1, 0.15) is 24.8 Å². The maximum Gasteiger partial charge on any atom is 0.243 e. The lowest BCUT2D eigenvalue weighted by atomic mass is 10.1. The molecule has 0 saturated carbocycles. The molecule has 9 heteroatoms. The van der Waals surface area contributed by atoms with Crippen LogP contribution in [0.4, 0.5) is 11.4 Å². The molecule has 0 bridgehead atoms. The van der Waals surface area contributed by atoms with E-state index in [0.29, 0.717) is 63.4 Å². The van der Waals surface area contributed by atoms with Gasteiger partial charge in [0, 0.05) is 62.0 Å². The van der Waals surface area contributed by atoms with Gasteiger partial charge < -0.3 is 14.9 Å². The van der Waals surface area contributed by atoms with Gasteiger partial charge in [0.25, 0.3) is 0 Å². The van der Waals surface area contributed by atoms with Gasteiger partial charge in [0.2, 0.25) is 15.9 Å². The molecule has 0 aromatic heterocycles. The lowest BCUT2D eigenvalue weighted by Crippen LogP contribution is -2.48. The van der Waals surface area contributed by atoms with Crippen LogP contribution in [0.5, 0.6) is 0 Å². The largest absolute Gasteiger partial charge is 0.513 e. The maximum absolute atomic E-state index is 13.3. The summed E-state index contributed by atoms with van der Waals surface area (Å²) in [6, 6.07) is 12.6. The molecule has 1 N–H and O–H groups in total. The molecule has 0 aliphatic carbocycles. The highest BCUT2D eigenvalue weighted by molar-refractivity contribution is 7.89. The maximum atomic E-state index is 13.3. The molecule has 2 aromatic carbocycles. The first-order valence-electron chi connectivity index (χ1n) is 11.1. The first kappa shape index (κ1) is 23.6. The number of aliphatic hydroxyl groups is 1. The second-order valence-electron chi connectivity index (χ2n) is 8.38. The third-order valence-electron chi connectivity index (χ3n) is 6.15. The quantitative estimate of drug-likeness (QED) is 0.595. The van der Waals surface area contributed by atoms with Crippen LogP contribution in [-0.4, -0.2) is 56.5 Å². The summed E-state index contributed by atoms with van der Waals surface area (Å²) in [5, 5.41) is 9.86. The Morgan fingerprint density at radius 1 is 1.03 bits per heavy atom. The molecule has 2 aliphatic rings. The topological polar surface area (TPSA) is 81.2 Å². The van der Waals surface area contributed by atoms with Crippen molar-refractivity contribution in [3.63, 3.8) is 0 Å². The molecule has 1 saturated heterocycles. The van der Waals surface area contributed by atoms with E-state index >= 15 is 0 Å². The van der Waals surface area contributed by atoms with E-state index in [-0.39, 0.29) is 16.6 Å². The zero-order valence-electron chi connectivity index (χ0n) is 18.4. The third-order valence-corrected chi connectivity index (χ3v) is 8.28. The third kappa shape index (κ3) is 5.18. The number of rotatable bonds is 7. The summed E-state index contributed by atoms with van der Waals surface area (Å²) in [5.41, 5.74) is 2.63. The molecule has 33 heavy (non-hydrogen) atoms. The Morgan fingerprint density at radius 3 is 2.48 bits per heavy atom. The average Bonchev–Trinajstić information content (AvgIpc) is 3.22. The van der Waals surface area contributed by atoms with Gasteiger partial charge in [-0.2, -0.15) is 4.31 Å². The fourth-order valence-corrected chi connectivity index (χ4v) is 6.04. The van der Waals surface area contributed by atoms with Crippen molar-refractivity contribution in [2.24, 2.45) is 0 Å². The Labute approximate surface area is 199 Å². The van der Waals surface area contributed by atoms with Gasteiger partial charge in [0.15, 0.2) is 0 Å². The van der Waals surface area contributed by atoms with Crippen molar-refractivity contribution in [1.82, 2.24) is 4.31 Å². The summed E-state index contributed by atoms with van der Waals surface area (Å²) in [4.78, 5) is 16.7. The van der Waals surface area contributed by atoms with E-state index in [2.05, 4.69) is 11.5 Å². The van der Waals surface area contributed by atoms with Gasteiger partial charge in [-0.3, -0.25) is 4.79 Å². The molecule has 0 radical (unpaired) electrons. The number of nitrogens with zero attached hydrogens (tertiary/aromatic N) is 3. The van der Waals surface area contributed by atoms with Gasteiger partial charge in [-0.25, -0.2) is 8.42 Å². The lowest BCUT2D eigenvalue weighted by Gasteiger charge is -2.35. The summed E-state index contributed by atoms with van der Waals surface area (Å²) in [5.74, 6) is 0.0515. The Kier molecular flexibility index (Phi) is 6.97. The van der Waals surface area contributed by atoms with E-state index in [1.54, 1.807) is 23.1 Å². The summed E-state index contributed by atoms with van der Waals surface area (Å²) >= 11 is 6.09.